The summed E-state index contributed by atoms with van der Waals surface area (Å²) in [6.45, 7) is 8.45. The number of aliphatic hydroxyl groups is 1. The number of carbonyl (C=O) groups is 1. The van der Waals surface area contributed by atoms with Crippen LogP contribution in [0.5, 0.6) is 5.75 Å². The number of carbonyl (C=O) groups excluding carboxylic acids is 1. The van der Waals surface area contributed by atoms with Crippen LogP contribution in [0.2, 0.25) is 0 Å². The van der Waals surface area contributed by atoms with Gasteiger partial charge >= 0.3 is 0 Å². The van der Waals surface area contributed by atoms with E-state index >= 15 is 0 Å². The van der Waals surface area contributed by atoms with Crippen LogP contribution in [0.4, 0.5) is 0 Å². The minimum atomic E-state index is -1.38. The highest BCUT2D eigenvalue weighted by atomic mass is 35.5. The Balaban J connectivity index is 2.35. The molecule has 0 aromatic heterocycles. The Morgan fingerprint density at radius 1 is 1.26 bits per heavy atom. The molecular formula is C17H26ClNO4. The van der Waals surface area contributed by atoms with Crippen molar-refractivity contribution in [3.63, 3.8) is 0 Å². The zero-order valence-corrected chi connectivity index (χ0v) is 14.9. The molecule has 1 aromatic rings. The fraction of sp³-hybridized carbons (Fsp3) is 0.588. The molecule has 0 bridgehead atoms. The number of Topliss-reactive ketones (excluding diaryl/α,β-unsaturated/α-hetero) is 1. The van der Waals surface area contributed by atoms with E-state index < -0.39 is 5.60 Å². The van der Waals surface area contributed by atoms with Gasteiger partial charge in [0.25, 0.3) is 0 Å². The molecule has 0 amide bonds. The average molecular weight is 344 g/mol. The van der Waals surface area contributed by atoms with E-state index in [9.17, 15) is 9.90 Å². The second-order valence-electron chi connectivity index (χ2n) is 6.30. The summed E-state index contributed by atoms with van der Waals surface area (Å²) < 4.78 is 11.1. The Bertz CT molecular complexity index is 482. The van der Waals surface area contributed by atoms with Crippen molar-refractivity contribution in [2.75, 3.05) is 19.8 Å². The molecular weight excluding hydrogens is 318 g/mol. The molecule has 0 saturated heterocycles. The molecule has 2 N–H and O–H groups in total. The van der Waals surface area contributed by atoms with Crippen LogP contribution in [-0.2, 0) is 4.74 Å². The van der Waals surface area contributed by atoms with Crippen molar-refractivity contribution in [3.05, 3.63) is 29.8 Å². The summed E-state index contributed by atoms with van der Waals surface area (Å²) >= 11 is 5.64. The third-order valence-electron chi connectivity index (χ3n) is 3.41. The average Bonchev–Trinajstić information content (AvgIpc) is 2.49. The van der Waals surface area contributed by atoms with Crippen LogP contribution in [0.3, 0.4) is 0 Å². The second-order valence-corrected chi connectivity index (χ2v) is 6.51. The van der Waals surface area contributed by atoms with Gasteiger partial charge in [0.05, 0.1) is 13.2 Å². The van der Waals surface area contributed by atoms with E-state index in [1.807, 2.05) is 0 Å². The molecule has 0 heterocycles. The fourth-order valence-corrected chi connectivity index (χ4v) is 2.15. The topological polar surface area (TPSA) is 67.8 Å². The minimum absolute atomic E-state index is 0.101. The van der Waals surface area contributed by atoms with E-state index in [1.54, 1.807) is 24.3 Å². The summed E-state index contributed by atoms with van der Waals surface area (Å²) in [5, 5.41) is 9.70. The number of nitrogens with one attached hydrogen (secondary N) is 1. The van der Waals surface area contributed by atoms with Crippen molar-refractivity contribution in [2.45, 2.75) is 39.3 Å². The number of ether oxygens (including phenoxy) is 2. The summed E-state index contributed by atoms with van der Waals surface area (Å²) in [6, 6.07) is 6.79. The van der Waals surface area contributed by atoms with E-state index in [0.29, 0.717) is 37.1 Å². The molecule has 0 fully saturated rings. The Kier molecular flexibility index (Phi) is 7.99. The van der Waals surface area contributed by atoms with Gasteiger partial charge < -0.3 is 14.6 Å². The maximum absolute atomic E-state index is 11.9. The van der Waals surface area contributed by atoms with Gasteiger partial charge in [-0.2, -0.15) is 0 Å². The van der Waals surface area contributed by atoms with Gasteiger partial charge in [-0.25, -0.2) is 4.84 Å². The van der Waals surface area contributed by atoms with Crippen LogP contribution in [-0.4, -0.2) is 42.4 Å². The summed E-state index contributed by atoms with van der Waals surface area (Å²) in [7, 11) is 0. The number of hydrogen-bond donors (Lipinski definition) is 2. The number of benzene rings is 1. The smallest absolute Gasteiger partial charge is 0.193 e. The molecule has 1 rings (SSSR count). The standard InChI is InChI=1S/C17H26ClNO4/c1-12(2)15(19-18)11-22-9-10-23-14-7-5-13(6-8-14)16(20)17(3,4)21/h5-8,12,15,19,21H,9-11H2,1-4H3. The van der Waals surface area contributed by atoms with Gasteiger partial charge in [-0.05, 0) is 55.8 Å². The van der Waals surface area contributed by atoms with E-state index in [-0.39, 0.29) is 11.8 Å². The van der Waals surface area contributed by atoms with E-state index in [2.05, 4.69) is 18.7 Å². The monoisotopic (exact) mass is 343 g/mol. The molecule has 0 aliphatic carbocycles. The Morgan fingerprint density at radius 2 is 1.87 bits per heavy atom. The Morgan fingerprint density at radius 3 is 2.35 bits per heavy atom. The molecule has 0 aliphatic rings. The van der Waals surface area contributed by atoms with Gasteiger partial charge in [0.15, 0.2) is 5.78 Å². The molecule has 0 spiro atoms. The summed E-state index contributed by atoms with van der Waals surface area (Å²) in [4.78, 5) is 14.6. The van der Waals surface area contributed by atoms with Crippen molar-refractivity contribution >= 4 is 17.6 Å². The molecule has 130 valence electrons. The highest BCUT2D eigenvalue weighted by Crippen LogP contribution is 2.17. The van der Waals surface area contributed by atoms with Crippen molar-refractivity contribution < 1.29 is 19.4 Å². The first-order valence-electron chi connectivity index (χ1n) is 7.69. The lowest BCUT2D eigenvalue weighted by Gasteiger charge is -2.18. The van der Waals surface area contributed by atoms with Crippen LogP contribution in [0.1, 0.15) is 38.1 Å². The Hall–Kier alpha value is -1.14. The summed E-state index contributed by atoms with van der Waals surface area (Å²) in [5.74, 6) is 0.715. The normalized spacial score (nSPS) is 13.2. The molecule has 0 aliphatic heterocycles. The molecule has 1 atom stereocenters. The second kappa shape index (κ2) is 9.23. The van der Waals surface area contributed by atoms with E-state index in [0.717, 1.165) is 0 Å². The summed E-state index contributed by atoms with van der Waals surface area (Å²) in [5.41, 5.74) is -0.923. The first kappa shape index (κ1) is 19.9. The van der Waals surface area contributed by atoms with E-state index in [4.69, 9.17) is 21.3 Å². The van der Waals surface area contributed by atoms with Gasteiger partial charge in [-0.1, -0.05) is 13.8 Å². The molecule has 0 saturated carbocycles. The summed E-state index contributed by atoms with van der Waals surface area (Å²) in [6.07, 6.45) is 0. The first-order valence-corrected chi connectivity index (χ1v) is 8.07. The largest absolute Gasteiger partial charge is 0.491 e. The van der Waals surface area contributed by atoms with E-state index in [1.165, 1.54) is 13.8 Å². The van der Waals surface area contributed by atoms with Crippen molar-refractivity contribution in [2.24, 2.45) is 5.92 Å². The lowest BCUT2D eigenvalue weighted by atomic mass is 9.97. The van der Waals surface area contributed by atoms with Gasteiger partial charge in [-0.3, -0.25) is 4.79 Å². The molecule has 1 unspecified atom stereocenters. The van der Waals surface area contributed by atoms with Crippen molar-refractivity contribution in [1.29, 1.82) is 0 Å². The Labute approximate surface area is 143 Å². The lowest BCUT2D eigenvalue weighted by Crippen LogP contribution is -2.32. The molecule has 6 heteroatoms. The number of rotatable bonds is 10. The SMILES string of the molecule is CC(C)C(COCCOc1ccc(C(=O)C(C)(C)O)cc1)NCl. The van der Waals surface area contributed by atoms with Gasteiger partial charge in [-0.15, -0.1) is 0 Å². The van der Waals surface area contributed by atoms with Crippen LogP contribution >= 0.6 is 11.8 Å². The van der Waals surface area contributed by atoms with Crippen molar-refractivity contribution in [1.82, 2.24) is 4.84 Å². The molecule has 0 radical (unpaired) electrons. The zero-order chi connectivity index (χ0) is 17.5. The fourth-order valence-electron chi connectivity index (χ4n) is 1.83. The maximum atomic E-state index is 11.9. The van der Waals surface area contributed by atoms with Gasteiger partial charge in [0.1, 0.15) is 18.0 Å². The third kappa shape index (κ3) is 6.87. The number of halogens is 1. The minimum Gasteiger partial charge on any atom is -0.491 e. The highest BCUT2D eigenvalue weighted by Gasteiger charge is 2.24. The number of hydrogen-bond acceptors (Lipinski definition) is 5. The van der Waals surface area contributed by atoms with Crippen LogP contribution < -0.4 is 9.57 Å². The predicted molar refractivity (Wildman–Crippen MR) is 91.0 cm³/mol. The van der Waals surface area contributed by atoms with Crippen LogP contribution in [0, 0.1) is 5.92 Å². The number of ketones is 1. The quantitative estimate of drug-likeness (QED) is 0.388. The van der Waals surface area contributed by atoms with Crippen molar-refractivity contribution in [3.8, 4) is 5.75 Å². The lowest BCUT2D eigenvalue weighted by molar-refractivity contribution is 0.0488. The third-order valence-corrected chi connectivity index (χ3v) is 3.69. The van der Waals surface area contributed by atoms with Crippen LogP contribution in [0.25, 0.3) is 0 Å². The zero-order valence-electron chi connectivity index (χ0n) is 14.1. The first-order chi connectivity index (χ1) is 10.8. The highest BCUT2D eigenvalue weighted by molar-refractivity contribution is 6.13. The predicted octanol–water partition coefficient (Wildman–Crippen LogP) is 2.80. The maximum Gasteiger partial charge on any atom is 0.193 e. The van der Waals surface area contributed by atoms with Crippen LogP contribution in [0.15, 0.2) is 24.3 Å². The van der Waals surface area contributed by atoms with Gasteiger partial charge in [0.2, 0.25) is 0 Å². The van der Waals surface area contributed by atoms with Gasteiger partial charge in [0, 0.05) is 11.6 Å². The molecule has 5 nitrogen and oxygen atoms in total. The molecule has 23 heavy (non-hydrogen) atoms. The molecule has 1 aromatic carbocycles.